The van der Waals surface area contributed by atoms with Gasteiger partial charge in [-0.15, -0.1) is 0 Å². The molecule has 0 saturated carbocycles. The fourth-order valence-corrected chi connectivity index (χ4v) is 3.06. The summed E-state index contributed by atoms with van der Waals surface area (Å²) < 4.78 is 5.18. The Morgan fingerprint density at radius 3 is 2.00 bits per heavy atom. The van der Waals surface area contributed by atoms with Gasteiger partial charge in [0.1, 0.15) is 5.60 Å². The molecule has 2 atom stereocenters. The first kappa shape index (κ1) is 26.5. The average molecular weight is 449 g/mol. The highest BCUT2D eigenvalue weighted by molar-refractivity contribution is 6.26. The molecule has 0 bridgehead atoms. The van der Waals surface area contributed by atoms with Crippen molar-refractivity contribution in [2.24, 2.45) is 17.3 Å². The second-order valence-electron chi connectivity index (χ2n) is 8.68. The number of nitro groups is 1. The minimum atomic E-state index is -3.01. The number of esters is 1. The number of allylic oxidation sites excluding steroid dienone is 1. The Morgan fingerprint density at radius 1 is 1.09 bits per heavy atom. The zero-order valence-corrected chi connectivity index (χ0v) is 18.5. The third-order valence-corrected chi connectivity index (χ3v) is 4.51. The lowest BCUT2D eigenvalue weighted by Crippen LogP contribution is -2.56. The fraction of sp³-hybridized carbons (Fsp3) is 0.455. The molecule has 0 fully saturated rings. The molecule has 0 saturated heterocycles. The van der Waals surface area contributed by atoms with Crippen LogP contribution in [0.2, 0.25) is 0 Å². The van der Waals surface area contributed by atoms with Crippen LogP contribution in [-0.4, -0.2) is 44.4 Å². The summed E-state index contributed by atoms with van der Waals surface area (Å²) in [6, 6.07) is 5.00. The number of non-ortho nitro benzene ring substituents is 1. The number of nitrogens with zero attached hydrogens (tertiary/aromatic N) is 1. The maximum Gasteiger partial charge on any atom is 0.333 e. The summed E-state index contributed by atoms with van der Waals surface area (Å²) in [6.45, 7) is 7.66. The molecule has 174 valence electrons. The number of ether oxygens (including phenoxy) is 1. The normalized spacial score (nSPS) is 14.6. The van der Waals surface area contributed by atoms with Gasteiger partial charge in [0.25, 0.3) is 5.69 Å². The summed E-state index contributed by atoms with van der Waals surface area (Å²) in [7, 11) is 0. The van der Waals surface area contributed by atoms with Gasteiger partial charge in [-0.2, -0.15) is 0 Å². The van der Waals surface area contributed by atoms with Crippen LogP contribution in [0.5, 0.6) is 0 Å². The zero-order valence-electron chi connectivity index (χ0n) is 18.5. The Balaban J connectivity index is 3.58. The molecule has 0 spiro atoms. The highest BCUT2D eigenvalue weighted by Crippen LogP contribution is 2.38. The minimum absolute atomic E-state index is 0.190. The minimum Gasteiger partial charge on any atom is -0.481 e. The predicted molar refractivity (Wildman–Crippen MR) is 114 cm³/mol. The number of carboxylic acid groups (broad SMARTS) is 2. The smallest absolute Gasteiger partial charge is 0.333 e. The van der Waals surface area contributed by atoms with Gasteiger partial charge in [0.05, 0.1) is 10.8 Å². The molecule has 0 aliphatic heterocycles. The van der Waals surface area contributed by atoms with E-state index in [0.717, 1.165) is 12.2 Å². The number of hydrogen-bond acceptors (Lipinski definition) is 7. The van der Waals surface area contributed by atoms with Crippen molar-refractivity contribution in [2.75, 3.05) is 0 Å². The third kappa shape index (κ3) is 6.22. The van der Waals surface area contributed by atoms with E-state index in [4.69, 9.17) is 4.74 Å². The van der Waals surface area contributed by atoms with Crippen molar-refractivity contribution < 1.29 is 39.1 Å². The van der Waals surface area contributed by atoms with Crippen LogP contribution >= 0.6 is 0 Å². The highest BCUT2D eigenvalue weighted by atomic mass is 16.6. The number of hydrogen-bond donors (Lipinski definition) is 2. The molecule has 0 aliphatic carbocycles. The van der Waals surface area contributed by atoms with Gasteiger partial charge >= 0.3 is 17.9 Å². The monoisotopic (exact) mass is 449 g/mol. The van der Waals surface area contributed by atoms with Crippen LogP contribution < -0.4 is 0 Å². The number of ketones is 1. The number of rotatable bonds is 10. The third-order valence-electron chi connectivity index (χ3n) is 4.51. The van der Waals surface area contributed by atoms with E-state index in [9.17, 15) is 39.5 Å². The fourth-order valence-electron chi connectivity index (χ4n) is 3.06. The standard InChI is InChI=1S/C22H27NO9/c1-13(2)12-16(18(25)26)22(19(27)28,20(29)32-21(3,4)5)17(24)11-8-14-6-9-15(10-7-14)23(30)31/h6-11,13,16H,12H2,1-5H3,(H,25,26)(H,27,28)/t16-,22?/m0/s1. The van der Waals surface area contributed by atoms with Crippen LogP contribution in [0, 0.1) is 27.4 Å². The molecule has 2 N–H and O–H groups in total. The number of aliphatic carboxylic acids is 2. The lowest BCUT2D eigenvalue weighted by Gasteiger charge is -2.34. The number of nitro benzene ring substituents is 1. The second-order valence-corrected chi connectivity index (χ2v) is 8.68. The van der Waals surface area contributed by atoms with E-state index in [2.05, 4.69) is 0 Å². The van der Waals surface area contributed by atoms with Crippen LogP contribution in [0.4, 0.5) is 5.69 Å². The molecule has 10 nitrogen and oxygen atoms in total. The molecule has 0 aliphatic rings. The van der Waals surface area contributed by atoms with Gasteiger partial charge in [0.15, 0.2) is 5.78 Å². The van der Waals surface area contributed by atoms with Crippen LogP contribution in [-0.2, 0) is 23.9 Å². The van der Waals surface area contributed by atoms with E-state index in [0.29, 0.717) is 5.56 Å². The average Bonchev–Trinajstić information content (AvgIpc) is 2.64. The Labute approximate surface area is 185 Å². The van der Waals surface area contributed by atoms with Crippen molar-refractivity contribution in [3.05, 3.63) is 46.0 Å². The summed E-state index contributed by atoms with van der Waals surface area (Å²) in [5, 5.41) is 30.5. The van der Waals surface area contributed by atoms with Crippen molar-refractivity contribution >= 4 is 35.5 Å². The summed E-state index contributed by atoms with van der Waals surface area (Å²) in [5.74, 6) is -8.52. The summed E-state index contributed by atoms with van der Waals surface area (Å²) in [5.41, 5.74) is -4.07. The van der Waals surface area contributed by atoms with E-state index >= 15 is 0 Å². The largest absolute Gasteiger partial charge is 0.481 e. The topological polar surface area (TPSA) is 161 Å². The Hall–Kier alpha value is -3.56. The van der Waals surface area contributed by atoms with Gasteiger partial charge in [0, 0.05) is 12.1 Å². The van der Waals surface area contributed by atoms with Crippen LogP contribution in [0.1, 0.15) is 46.6 Å². The van der Waals surface area contributed by atoms with E-state index in [1.165, 1.54) is 45.0 Å². The Bertz CT molecular complexity index is 926. The summed E-state index contributed by atoms with van der Waals surface area (Å²) >= 11 is 0. The van der Waals surface area contributed by atoms with Crippen molar-refractivity contribution in [3.63, 3.8) is 0 Å². The summed E-state index contributed by atoms with van der Waals surface area (Å²) in [6.07, 6.45) is 1.68. The number of carboxylic acids is 2. The van der Waals surface area contributed by atoms with Crippen molar-refractivity contribution in [1.29, 1.82) is 0 Å². The van der Waals surface area contributed by atoms with E-state index in [-0.39, 0.29) is 18.0 Å². The lowest BCUT2D eigenvalue weighted by molar-refractivity contribution is -0.384. The molecule has 0 radical (unpaired) electrons. The molecule has 32 heavy (non-hydrogen) atoms. The molecule has 1 aromatic rings. The Kier molecular flexibility index (Phi) is 8.41. The van der Waals surface area contributed by atoms with Gasteiger partial charge in [-0.05, 0) is 56.9 Å². The van der Waals surface area contributed by atoms with Gasteiger partial charge in [-0.3, -0.25) is 29.3 Å². The lowest BCUT2D eigenvalue weighted by atomic mass is 9.68. The molecule has 1 rings (SSSR count). The molecule has 1 unspecified atom stereocenters. The van der Waals surface area contributed by atoms with E-state index in [1.807, 2.05) is 0 Å². The molecular formula is C22H27NO9. The zero-order chi connectivity index (χ0) is 24.9. The number of carbonyl (C=O) groups excluding carboxylic acids is 2. The van der Waals surface area contributed by atoms with Crippen molar-refractivity contribution in [2.45, 2.75) is 46.6 Å². The molecule has 0 heterocycles. The summed E-state index contributed by atoms with van der Waals surface area (Å²) in [4.78, 5) is 60.7. The van der Waals surface area contributed by atoms with Gasteiger partial charge < -0.3 is 14.9 Å². The van der Waals surface area contributed by atoms with Crippen LogP contribution in [0.3, 0.4) is 0 Å². The SMILES string of the molecule is CC(C)C[C@@H](C(=O)O)C(C(=O)O)(C(=O)C=Cc1ccc([N+](=O)[O-])cc1)C(=O)OC(C)(C)C. The van der Waals surface area contributed by atoms with Crippen LogP contribution in [0.15, 0.2) is 30.3 Å². The Morgan fingerprint density at radius 2 is 1.62 bits per heavy atom. The van der Waals surface area contributed by atoms with Crippen molar-refractivity contribution in [3.8, 4) is 0 Å². The molecule has 1 aromatic carbocycles. The number of carbonyl (C=O) groups is 4. The maximum atomic E-state index is 13.2. The first-order valence-electron chi connectivity index (χ1n) is 9.79. The van der Waals surface area contributed by atoms with E-state index < -0.39 is 45.5 Å². The van der Waals surface area contributed by atoms with Gasteiger partial charge in [-0.25, -0.2) is 0 Å². The van der Waals surface area contributed by atoms with E-state index in [1.54, 1.807) is 13.8 Å². The van der Waals surface area contributed by atoms with Gasteiger partial charge in [-0.1, -0.05) is 19.9 Å². The first-order valence-corrected chi connectivity index (χ1v) is 9.79. The predicted octanol–water partition coefficient (Wildman–Crippen LogP) is 3.34. The highest BCUT2D eigenvalue weighted by Gasteiger charge is 2.62. The molecule has 0 amide bonds. The molecule has 0 aromatic heterocycles. The number of benzene rings is 1. The molecule has 10 heteroatoms. The molecular weight excluding hydrogens is 422 g/mol. The van der Waals surface area contributed by atoms with Gasteiger partial charge in [0.2, 0.25) is 5.41 Å². The van der Waals surface area contributed by atoms with Crippen molar-refractivity contribution in [1.82, 2.24) is 0 Å². The first-order chi connectivity index (χ1) is 14.6. The quantitative estimate of drug-likeness (QED) is 0.179. The van der Waals surface area contributed by atoms with Crippen LogP contribution in [0.25, 0.3) is 6.08 Å². The maximum absolute atomic E-state index is 13.2. The second kappa shape index (κ2) is 10.2.